The van der Waals surface area contributed by atoms with E-state index in [1.165, 1.54) is 19.3 Å². The van der Waals surface area contributed by atoms with Gasteiger partial charge in [-0.15, -0.1) is 0 Å². The number of hydrogen-bond donors (Lipinski definition) is 0. The minimum Gasteiger partial charge on any atom is -0.354 e. The summed E-state index contributed by atoms with van der Waals surface area (Å²) in [5.74, 6) is 1.31. The van der Waals surface area contributed by atoms with Crippen LogP contribution in [0.2, 0.25) is 0 Å². The maximum Gasteiger partial charge on any atom is 0.225 e. The summed E-state index contributed by atoms with van der Waals surface area (Å²) in [5.41, 5.74) is 2.70. The first-order chi connectivity index (χ1) is 13.7. The first-order valence-electron chi connectivity index (χ1n) is 10.5. The molecule has 1 saturated carbocycles. The number of amides is 1. The van der Waals surface area contributed by atoms with E-state index < -0.39 is 0 Å². The third-order valence-electron chi connectivity index (χ3n) is 6.14. The van der Waals surface area contributed by atoms with Crippen molar-refractivity contribution < 1.29 is 4.79 Å². The molecule has 4 rings (SSSR count). The molecule has 1 saturated heterocycles. The molecule has 1 amide bonds. The standard InChI is InChI=1S/C23H28N4O/c1-17-8-9-19-15-20(16-24)22(25-21(19)14-17)26-10-5-11-27(13-12-26)23(28)18-6-3-2-4-7-18/h8-9,14-15,18H,2-7,10-13H2,1H3. The Hall–Kier alpha value is -2.61. The van der Waals surface area contributed by atoms with Crippen LogP contribution in [0.4, 0.5) is 5.82 Å². The molecule has 0 N–H and O–H groups in total. The number of fused-ring (bicyclic) bond motifs is 1. The Kier molecular flexibility index (Phi) is 5.47. The lowest BCUT2D eigenvalue weighted by molar-refractivity contribution is -0.136. The van der Waals surface area contributed by atoms with E-state index >= 15 is 0 Å². The van der Waals surface area contributed by atoms with E-state index in [1.54, 1.807) is 0 Å². The Bertz CT molecular complexity index is 911. The molecule has 0 unspecified atom stereocenters. The van der Waals surface area contributed by atoms with Gasteiger partial charge >= 0.3 is 0 Å². The van der Waals surface area contributed by atoms with Crippen LogP contribution in [0.25, 0.3) is 10.9 Å². The number of nitriles is 1. The molecular formula is C23H28N4O. The number of rotatable bonds is 2. The maximum atomic E-state index is 12.9. The molecule has 0 spiro atoms. The Labute approximate surface area is 167 Å². The quantitative estimate of drug-likeness (QED) is 0.794. The smallest absolute Gasteiger partial charge is 0.225 e. The van der Waals surface area contributed by atoms with E-state index in [0.717, 1.165) is 61.2 Å². The van der Waals surface area contributed by atoms with E-state index in [4.69, 9.17) is 4.98 Å². The van der Waals surface area contributed by atoms with Gasteiger partial charge in [0.15, 0.2) is 0 Å². The Morgan fingerprint density at radius 1 is 1.07 bits per heavy atom. The number of pyridine rings is 1. The zero-order valence-corrected chi connectivity index (χ0v) is 16.7. The fraction of sp³-hybridized carbons (Fsp3) is 0.522. The second kappa shape index (κ2) is 8.18. The predicted octanol–water partition coefficient (Wildman–Crippen LogP) is 4.03. The van der Waals surface area contributed by atoms with E-state index in [1.807, 2.05) is 23.1 Å². The molecule has 5 nitrogen and oxygen atoms in total. The summed E-state index contributed by atoms with van der Waals surface area (Å²) in [6.07, 6.45) is 6.63. The van der Waals surface area contributed by atoms with Crippen molar-refractivity contribution in [2.75, 3.05) is 31.1 Å². The first kappa shape index (κ1) is 18.7. The predicted molar refractivity (Wildman–Crippen MR) is 111 cm³/mol. The van der Waals surface area contributed by atoms with Gasteiger partial charge in [-0.3, -0.25) is 4.79 Å². The van der Waals surface area contributed by atoms with E-state index in [9.17, 15) is 10.1 Å². The van der Waals surface area contributed by atoms with Gasteiger partial charge in [0.2, 0.25) is 5.91 Å². The van der Waals surface area contributed by atoms with Crippen molar-refractivity contribution in [2.24, 2.45) is 5.92 Å². The number of nitrogens with zero attached hydrogens (tertiary/aromatic N) is 4. The second-order valence-electron chi connectivity index (χ2n) is 8.17. The fourth-order valence-electron chi connectivity index (χ4n) is 4.55. The maximum absolute atomic E-state index is 12.9. The van der Waals surface area contributed by atoms with Crippen molar-refractivity contribution in [1.29, 1.82) is 5.26 Å². The highest BCUT2D eigenvalue weighted by atomic mass is 16.2. The molecule has 1 aliphatic heterocycles. The number of benzene rings is 1. The summed E-state index contributed by atoms with van der Waals surface area (Å²) < 4.78 is 0. The lowest BCUT2D eigenvalue weighted by atomic mass is 9.88. The van der Waals surface area contributed by atoms with Crippen molar-refractivity contribution in [3.05, 3.63) is 35.4 Å². The van der Waals surface area contributed by atoms with E-state index in [0.29, 0.717) is 18.0 Å². The van der Waals surface area contributed by atoms with Gasteiger partial charge < -0.3 is 9.80 Å². The van der Waals surface area contributed by atoms with Crippen molar-refractivity contribution >= 4 is 22.6 Å². The van der Waals surface area contributed by atoms with E-state index in [-0.39, 0.29) is 5.92 Å². The van der Waals surface area contributed by atoms with Crippen LogP contribution in [0, 0.1) is 24.2 Å². The lowest BCUT2D eigenvalue weighted by Gasteiger charge is -2.28. The zero-order chi connectivity index (χ0) is 19.5. The van der Waals surface area contributed by atoms with Crippen LogP contribution in [0.1, 0.15) is 49.7 Å². The Morgan fingerprint density at radius 2 is 1.89 bits per heavy atom. The van der Waals surface area contributed by atoms with Gasteiger partial charge in [-0.2, -0.15) is 5.26 Å². The van der Waals surface area contributed by atoms with Crippen LogP contribution in [-0.4, -0.2) is 42.0 Å². The number of carbonyl (C=O) groups excluding carboxylic acids is 1. The monoisotopic (exact) mass is 376 g/mol. The third-order valence-corrected chi connectivity index (χ3v) is 6.14. The van der Waals surface area contributed by atoms with Gasteiger partial charge in [-0.1, -0.05) is 31.4 Å². The van der Waals surface area contributed by atoms with Crippen LogP contribution in [0.3, 0.4) is 0 Å². The normalized spacial score (nSPS) is 18.7. The van der Waals surface area contributed by atoms with Crippen molar-refractivity contribution in [3.63, 3.8) is 0 Å². The molecule has 1 aliphatic carbocycles. The molecule has 0 atom stereocenters. The van der Waals surface area contributed by atoms with Crippen LogP contribution < -0.4 is 4.90 Å². The minimum absolute atomic E-state index is 0.219. The number of aryl methyl sites for hydroxylation is 1. The topological polar surface area (TPSA) is 60.2 Å². The largest absolute Gasteiger partial charge is 0.354 e. The average Bonchev–Trinajstić information content (AvgIpc) is 2.99. The van der Waals surface area contributed by atoms with E-state index in [2.05, 4.69) is 24.0 Å². The van der Waals surface area contributed by atoms with Crippen LogP contribution >= 0.6 is 0 Å². The SMILES string of the molecule is Cc1ccc2cc(C#N)c(N3CCCN(C(=O)C4CCCCC4)CC3)nc2c1. The van der Waals surface area contributed by atoms with Gasteiger partial charge in [0.25, 0.3) is 0 Å². The molecule has 146 valence electrons. The number of hydrogen-bond acceptors (Lipinski definition) is 4. The van der Waals surface area contributed by atoms with Crippen molar-refractivity contribution in [2.45, 2.75) is 45.4 Å². The fourth-order valence-corrected chi connectivity index (χ4v) is 4.55. The van der Waals surface area contributed by atoms with Gasteiger partial charge in [-0.25, -0.2) is 4.98 Å². The number of carbonyl (C=O) groups is 1. The summed E-state index contributed by atoms with van der Waals surface area (Å²) in [6, 6.07) is 10.4. The summed E-state index contributed by atoms with van der Waals surface area (Å²) >= 11 is 0. The minimum atomic E-state index is 0.219. The molecule has 1 aromatic carbocycles. The molecule has 1 aromatic heterocycles. The lowest BCUT2D eigenvalue weighted by Crippen LogP contribution is -2.39. The summed E-state index contributed by atoms with van der Waals surface area (Å²) in [5, 5.41) is 10.7. The van der Waals surface area contributed by atoms with Gasteiger partial charge in [0.1, 0.15) is 11.9 Å². The highest BCUT2D eigenvalue weighted by Crippen LogP contribution is 2.27. The molecule has 2 aliphatic rings. The highest BCUT2D eigenvalue weighted by Gasteiger charge is 2.28. The third kappa shape index (κ3) is 3.82. The number of anilines is 1. The second-order valence-corrected chi connectivity index (χ2v) is 8.17. The van der Waals surface area contributed by atoms with Crippen LogP contribution in [0.5, 0.6) is 0 Å². The van der Waals surface area contributed by atoms with Gasteiger partial charge in [-0.05, 0) is 43.9 Å². The number of aromatic nitrogens is 1. The first-order valence-corrected chi connectivity index (χ1v) is 10.5. The van der Waals surface area contributed by atoms with Crippen LogP contribution in [-0.2, 0) is 4.79 Å². The van der Waals surface area contributed by atoms with Gasteiger partial charge in [0, 0.05) is 37.5 Å². The molecule has 5 heteroatoms. The van der Waals surface area contributed by atoms with Crippen molar-refractivity contribution in [3.8, 4) is 6.07 Å². The molecule has 28 heavy (non-hydrogen) atoms. The average molecular weight is 377 g/mol. The summed E-state index contributed by atoms with van der Waals surface area (Å²) in [4.78, 5) is 22.0. The molecule has 2 heterocycles. The highest BCUT2D eigenvalue weighted by molar-refractivity contribution is 5.84. The summed E-state index contributed by atoms with van der Waals surface area (Å²) in [6.45, 7) is 5.14. The zero-order valence-electron chi connectivity index (χ0n) is 16.7. The van der Waals surface area contributed by atoms with Crippen molar-refractivity contribution in [1.82, 2.24) is 9.88 Å². The van der Waals surface area contributed by atoms with Gasteiger partial charge in [0.05, 0.1) is 11.1 Å². The molecule has 2 fully saturated rings. The van der Waals surface area contributed by atoms with Crippen LogP contribution in [0.15, 0.2) is 24.3 Å². The molecule has 0 bridgehead atoms. The Morgan fingerprint density at radius 3 is 2.68 bits per heavy atom. The Balaban J connectivity index is 1.54. The molecule has 0 radical (unpaired) electrons. The summed E-state index contributed by atoms with van der Waals surface area (Å²) in [7, 11) is 0. The molecule has 2 aromatic rings. The molecular weight excluding hydrogens is 348 g/mol.